The monoisotopic (exact) mass is 371 g/mol. The Morgan fingerprint density at radius 1 is 0.963 bits per heavy atom. The zero-order valence-corrected chi connectivity index (χ0v) is 14.8. The Morgan fingerprint density at radius 2 is 1.70 bits per heavy atom. The predicted octanol–water partition coefficient (Wildman–Crippen LogP) is -0.191. The molecule has 0 bridgehead atoms. The molecule has 0 radical (unpaired) electrons. The van der Waals surface area contributed by atoms with Gasteiger partial charge < -0.3 is 25.1 Å². The van der Waals surface area contributed by atoms with Crippen LogP contribution in [0.15, 0.2) is 23.0 Å². The molecule has 27 heavy (non-hydrogen) atoms. The third kappa shape index (κ3) is 3.44. The molecule has 2 aliphatic heterocycles. The number of carbonyl (C=O) groups is 3. The molecule has 4 rings (SSSR count). The molecule has 3 heterocycles. The quantitative estimate of drug-likeness (QED) is 0.678. The molecule has 2 aliphatic rings. The Hall–Kier alpha value is -3.10. The number of hydrogen-bond donors (Lipinski definition) is 3. The maximum Gasteiger partial charge on any atom is 0.323 e. The Morgan fingerprint density at radius 3 is 2.48 bits per heavy atom. The first-order valence-corrected chi connectivity index (χ1v) is 9.11. The van der Waals surface area contributed by atoms with E-state index in [1.54, 1.807) is 28.0 Å². The van der Waals surface area contributed by atoms with Gasteiger partial charge in [0.1, 0.15) is 6.04 Å². The second-order valence-corrected chi connectivity index (χ2v) is 6.97. The molecule has 1 unspecified atom stereocenters. The third-order valence-electron chi connectivity index (χ3n) is 5.15. The van der Waals surface area contributed by atoms with E-state index in [0.717, 1.165) is 0 Å². The Balaban J connectivity index is 1.43. The van der Waals surface area contributed by atoms with Gasteiger partial charge in [0.2, 0.25) is 11.8 Å². The lowest BCUT2D eigenvalue weighted by Crippen LogP contribution is -2.46. The fourth-order valence-corrected chi connectivity index (χ4v) is 3.71. The zero-order valence-electron chi connectivity index (χ0n) is 14.8. The number of hydrogen-bond acceptors (Lipinski definition) is 4. The number of nitrogens with zero attached hydrogens (tertiary/aromatic N) is 2. The summed E-state index contributed by atoms with van der Waals surface area (Å²) in [5, 5.41) is 2.71. The normalized spacial score (nSPS) is 20.6. The van der Waals surface area contributed by atoms with Crippen molar-refractivity contribution in [1.29, 1.82) is 0 Å². The van der Waals surface area contributed by atoms with Crippen LogP contribution in [0.25, 0.3) is 11.0 Å². The molecule has 9 heteroatoms. The van der Waals surface area contributed by atoms with Gasteiger partial charge in [0, 0.05) is 38.2 Å². The van der Waals surface area contributed by atoms with E-state index in [2.05, 4.69) is 15.3 Å². The summed E-state index contributed by atoms with van der Waals surface area (Å²) in [4.78, 5) is 56.9. The average molecular weight is 371 g/mol. The van der Waals surface area contributed by atoms with Crippen molar-refractivity contribution in [2.24, 2.45) is 0 Å². The van der Waals surface area contributed by atoms with Crippen LogP contribution in [0.3, 0.4) is 0 Å². The second kappa shape index (κ2) is 6.90. The predicted molar refractivity (Wildman–Crippen MR) is 97.2 cm³/mol. The summed E-state index contributed by atoms with van der Waals surface area (Å²) in [7, 11) is 0. The molecule has 2 aromatic rings. The lowest BCUT2D eigenvalue weighted by atomic mass is 10.1. The van der Waals surface area contributed by atoms with Gasteiger partial charge in [-0.3, -0.25) is 14.4 Å². The van der Waals surface area contributed by atoms with Crippen LogP contribution < -0.4 is 11.0 Å². The molecule has 142 valence electrons. The minimum Gasteiger partial charge on any atom is -0.344 e. The average Bonchev–Trinajstić information content (AvgIpc) is 3.16. The van der Waals surface area contributed by atoms with Crippen LogP contribution in [0.4, 0.5) is 0 Å². The van der Waals surface area contributed by atoms with Crippen LogP contribution in [0.5, 0.6) is 0 Å². The van der Waals surface area contributed by atoms with Gasteiger partial charge >= 0.3 is 5.69 Å². The maximum absolute atomic E-state index is 12.8. The molecule has 0 spiro atoms. The van der Waals surface area contributed by atoms with Crippen LogP contribution in [0.1, 0.15) is 29.6 Å². The fourth-order valence-electron chi connectivity index (χ4n) is 3.71. The van der Waals surface area contributed by atoms with Gasteiger partial charge in [0.25, 0.3) is 5.91 Å². The van der Waals surface area contributed by atoms with Crippen molar-refractivity contribution < 1.29 is 14.4 Å². The van der Waals surface area contributed by atoms with Gasteiger partial charge in [-0.05, 0) is 31.0 Å². The number of H-pyrrole nitrogens is 2. The van der Waals surface area contributed by atoms with Crippen LogP contribution in [0, 0.1) is 0 Å². The molecule has 1 atom stereocenters. The number of imidazole rings is 1. The SMILES string of the molecule is O=C1CCC(C(=O)N2CCCN(C(=O)c3ccc4[nH]c(=O)[nH]c4c3)CC2)N1. The molecule has 2 fully saturated rings. The van der Waals surface area contributed by atoms with Crippen molar-refractivity contribution in [1.82, 2.24) is 25.1 Å². The van der Waals surface area contributed by atoms with Gasteiger partial charge in [0.05, 0.1) is 11.0 Å². The Kier molecular flexibility index (Phi) is 4.43. The smallest absolute Gasteiger partial charge is 0.323 e. The first kappa shape index (κ1) is 17.3. The Bertz CT molecular complexity index is 962. The van der Waals surface area contributed by atoms with Crippen molar-refractivity contribution in [3.05, 3.63) is 34.2 Å². The van der Waals surface area contributed by atoms with Crippen LogP contribution >= 0.6 is 0 Å². The lowest BCUT2D eigenvalue weighted by Gasteiger charge is -2.24. The molecule has 3 N–H and O–H groups in total. The van der Waals surface area contributed by atoms with Crippen LogP contribution in [-0.4, -0.2) is 69.7 Å². The molecular formula is C18H21N5O4. The highest BCUT2D eigenvalue weighted by atomic mass is 16.2. The van der Waals surface area contributed by atoms with E-state index in [0.29, 0.717) is 62.0 Å². The van der Waals surface area contributed by atoms with Crippen molar-refractivity contribution in [3.8, 4) is 0 Å². The van der Waals surface area contributed by atoms with Gasteiger partial charge in [-0.1, -0.05) is 0 Å². The number of benzene rings is 1. The number of carbonyl (C=O) groups excluding carboxylic acids is 3. The van der Waals surface area contributed by atoms with E-state index in [1.807, 2.05) is 0 Å². The number of rotatable bonds is 2. The molecule has 1 aromatic heterocycles. The van der Waals surface area contributed by atoms with Gasteiger partial charge in [-0.15, -0.1) is 0 Å². The van der Waals surface area contributed by atoms with Crippen LogP contribution in [0.2, 0.25) is 0 Å². The van der Waals surface area contributed by atoms with E-state index in [9.17, 15) is 19.2 Å². The van der Waals surface area contributed by atoms with Gasteiger partial charge in [-0.2, -0.15) is 0 Å². The minimum absolute atomic E-state index is 0.0681. The summed E-state index contributed by atoms with van der Waals surface area (Å²) in [6, 6.07) is 4.62. The van der Waals surface area contributed by atoms with E-state index in [1.165, 1.54) is 0 Å². The van der Waals surface area contributed by atoms with E-state index in [4.69, 9.17) is 0 Å². The number of fused-ring (bicyclic) bond motifs is 1. The number of nitrogens with one attached hydrogen (secondary N) is 3. The van der Waals surface area contributed by atoms with Gasteiger partial charge in [-0.25, -0.2) is 4.79 Å². The summed E-state index contributed by atoms with van der Waals surface area (Å²) >= 11 is 0. The molecule has 3 amide bonds. The maximum atomic E-state index is 12.8. The highest BCUT2D eigenvalue weighted by Crippen LogP contribution is 2.16. The summed E-state index contributed by atoms with van der Waals surface area (Å²) in [6.45, 7) is 2.01. The zero-order chi connectivity index (χ0) is 19.0. The molecule has 9 nitrogen and oxygen atoms in total. The first-order valence-electron chi connectivity index (χ1n) is 9.11. The van der Waals surface area contributed by atoms with Crippen LogP contribution in [-0.2, 0) is 9.59 Å². The summed E-state index contributed by atoms with van der Waals surface area (Å²) in [6.07, 6.45) is 1.60. The van der Waals surface area contributed by atoms with Gasteiger partial charge in [0.15, 0.2) is 0 Å². The fraction of sp³-hybridized carbons (Fsp3) is 0.444. The molecule has 0 saturated carbocycles. The van der Waals surface area contributed by atoms with Crippen molar-refractivity contribution in [2.75, 3.05) is 26.2 Å². The third-order valence-corrected chi connectivity index (χ3v) is 5.15. The van der Waals surface area contributed by atoms with E-state index < -0.39 is 6.04 Å². The number of amides is 3. The summed E-state index contributed by atoms with van der Waals surface area (Å²) in [5.74, 6) is -0.276. The lowest BCUT2D eigenvalue weighted by molar-refractivity contribution is -0.134. The standard InChI is InChI=1S/C18H21N5O4/c24-15-5-4-13(19-15)17(26)23-7-1-6-22(8-9-23)16(25)11-2-3-12-14(10-11)21-18(27)20-12/h2-3,10,13H,1,4-9H2,(H,19,24)(H2,20,21,27). The molecule has 1 aromatic carbocycles. The van der Waals surface area contributed by atoms with E-state index >= 15 is 0 Å². The Labute approximate surface area is 154 Å². The highest BCUT2D eigenvalue weighted by molar-refractivity contribution is 5.97. The van der Waals surface area contributed by atoms with Crippen molar-refractivity contribution >= 4 is 28.8 Å². The first-order chi connectivity index (χ1) is 13.0. The summed E-state index contributed by atoms with van der Waals surface area (Å²) < 4.78 is 0. The largest absolute Gasteiger partial charge is 0.344 e. The minimum atomic E-state index is -0.437. The summed E-state index contributed by atoms with van der Waals surface area (Å²) in [5.41, 5.74) is 1.44. The molecule has 0 aliphatic carbocycles. The topological polar surface area (TPSA) is 118 Å². The van der Waals surface area contributed by atoms with Crippen molar-refractivity contribution in [2.45, 2.75) is 25.3 Å². The highest BCUT2D eigenvalue weighted by Gasteiger charge is 2.32. The van der Waals surface area contributed by atoms with E-state index in [-0.39, 0.29) is 23.4 Å². The van der Waals surface area contributed by atoms with Crippen molar-refractivity contribution in [3.63, 3.8) is 0 Å². The second-order valence-electron chi connectivity index (χ2n) is 6.97. The number of aromatic nitrogens is 2. The number of aromatic amines is 2. The molecule has 2 saturated heterocycles. The molecular weight excluding hydrogens is 350 g/mol.